The van der Waals surface area contributed by atoms with Crippen LogP contribution in [0.4, 0.5) is 0 Å². The number of carbonyl (C=O) groups excluding carboxylic acids is 2. The van der Waals surface area contributed by atoms with Crippen molar-refractivity contribution in [2.24, 2.45) is 0 Å². The minimum atomic E-state index is -0.846. The second kappa shape index (κ2) is 54.4. The Morgan fingerprint density at radius 1 is 0.431 bits per heavy atom. The number of allylic oxidation sites excluding steroid dienone is 6. The molecule has 0 fully saturated rings. The van der Waals surface area contributed by atoms with Gasteiger partial charge in [-0.2, -0.15) is 0 Å². The fourth-order valence-electron chi connectivity index (χ4n) is 8.47. The van der Waals surface area contributed by atoms with Crippen LogP contribution in [0.15, 0.2) is 48.6 Å². The molecule has 2 atom stereocenters. The van der Waals surface area contributed by atoms with Crippen molar-refractivity contribution < 1.29 is 24.5 Å². The van der Waals surface area contributed by atoms with Gasteiger partial charge in [0.15, 0.2) is 0 Å². The van der Waals surface area contributed by atoms with Crippen molar-refractivity contribution >= 4 is 11.9 Å². The van der Waals surface area contributed by atoms with Crippen LogP contribution in [0.25, 0.3) is 0 Å². The largest absolute Gasteiger partial charge is 0.465 e. The lowest BCUT2D eigenvalue weighted by molar-refractivity contribution is -0.143. The minimum absolute atomic E-state index is 0.0395. The first-order valence-electron chi connectivity index (χ1n) is 28.4. The summed E-state index contributed by atoms with van der Waals surface area (Å²) < 4.78 is 5.42. The van der Waals surface area contributed by atoms with Gasteiger partial charge in [0.25, 0.3) is 0 Å². The van der Waals surface area contributed by atoms with E-state index in [4.69, 9.17) is 4.74 Å². The normalized spacial score (nSPS) is 13.0. The summed E-state index contributed by atoms with van der Waals surface area (Å²) in [6.07, 6.45) is 68.7. The highest BCUT2D eigenvalue weighted by Crippen LogP contribution is 2.16. The van der Waals surface area contributed by atoms with Gasteiger partial charge in [-0.15, -0.1) is 0 Å². The highest BCUT2D eigenvalue weighted by Gasteiger charge is 2.18. The summed E-state index contributed by atoms with van der Waals surface area (Å²) in [4.78, 5) is 24.4. The molecule has 380 valence electrons. The molecular weight excluding hydrogens is 803 g/mol. The first-order valence-corrected chi connectivity index (χ1v) is 28.4. The van der Waals surface area contributed by atoms with Crippen LogP contribution >= 0.6 is 0 Å². The monoisotopic (exact) mass is 912 g/mol. The Morgan fingerprint density at radius 2 is 0.769 bits per heavy atom. The summed E-state index contributed by atoms with van der Waals surface area (Å²) in [7, 11) is 0. The molecule has 0 radical (unpaired) electrons. The predicted octanol–water partition coefficient (Wildman–Crippen LogP) is 17.4. The summed E-state index contributed by atoms with van der Waals surface area (Å²) in [6.45, 7) is 4.76. The third-order valence-electron chi connectivity index (χ3n) is 12.8. The van der Waals surface area contributed by atoms with Crippen molar-refractivity contribution in [2.45, 2.75) is 302 Å². The Hall–Kier alpha value is -2.18. The van der Waals surface area contributed by atoms with E-state index in [1.165, 1.54) is 212 Å². The van der Waals surface area contributed by atoms with E-state index in [2.05, 4.69) is 55.6 Å². The van der Waals surface area contributed by atoms with E-state index >= 15 is 0 Å². The molecule has 65 heavy (non-hydrogen) atoms. The molecule has 0 rings (SSSR count). The number of carbonyl (C=O) groups is 2. The first kappa shape index (κ1) is 62.8. The lowest BCUT2D eigenvalue weighted by atomic mass is 10.0. The van der Waals surface area contributed by atoms with Gasteiger partial charge >= 0.3 is 5.97 Å². The average molecular weight is 913 g/mol. The lowest BCUT2D eigenvalue weighted by Gasteiger charge is -2.20. The number of aliphatic hydroxyl groups excluding tert-OH is 2. The highest BCUT2D eigenvalue weighted by molar-refractivity contribution is 5.76. The van der Waals surface area contributed by atoms with Gasteiger partial charge in [0.2, 0.25) is 5.91 Å². The van der Waals surface area contributed by atoms with Crippen LogP contribution in [0.3, 0.4) is 0 Å². The van der Waals surface area contributed by atoms with E-state index in [0.29, 0.717) is 19.4 Å². The van der Waals surface area contributed by atoms with Crippen LogP contribution < -0.4 is 5.32 Å². The number of amides is 1. The number of esters is 1. The molecule has 0 heterocycles. The number of rotatable bonds is 52. The zero-order chi connectivity index (χ0) is 47.2. The van der Waals surface area contributed by atoms with E-state index in [1.807, 2.05) is 6.08 Å². The maximum Gasteiger partial charge on any atom is 0.305 e. The van der Waals surface area contributed by atoms with Gasteiger partial charge in [-0.3, -0.25) is 9.59 Å². The van der Waals surface area contributed by atoms with Crippen LogP contribution in [0.2, 0.25) is 0 Å². The van der Waals surface area contributed by atoms with Gasteiger partial charge in [-0.25, -0.2) is 0 Å². The third kappa shape index (κ3) is 51.1. The summed E-state index contributed by atoms with van der Waals surface area (Å²) >= 11 is 0. The highest BCUT2D eigenvalue weighted by atomic mass is 16.5. The van der Waals surface area contributed by atoms with E-state index in [1.54, 1.807) is 6.08 Å². The number of hydrogen-bond acceptors (Lipinski definition) is 5. The average Bonchev–Trinajstić information content (AvgIpc) is 3.31. The Labute approximate surface area is 404 Å². The number of aliphatic hydroxyl groups is 2. The van der Waals surface area contributed by atoms with Gasteiger partial charge in [-0.1, -0.05) is 249 Å². The molecule has 6 heteroatoms. The van der Waals surface area contributed by atoms with Crippen molar-refractivity contribution in [2.75, 3.05) is 13.2 Å². The predicted molar refractivity (Wildman–Crippen MR) is 282 cm³/mol. The first-order chi connectivity index (χ1) is 32.0. The summed E-state index contributed by atoms with van der Waals surface area (Å²) in [6, 6.07) is -0.630. The standard InChI is InChI=1S/C59H109NO5/c1-3-5-7-9-11-13-14-15-16-17-24-27-30-33-37-41-45-49-53-59(64)65-54-50-46-42-38-34-31-28-25-22-20-18-19-21-23-26-29-32-36-40-44-48-52-58(63)60-56(55-61)57(62)51-47-43-39-35-12-10-8-6-4-2/h16-17,31,34,42,46-47,51,56-57,61-62H,3-15,18-30,32-33,35-41,43-45,48-50,52-55H2,1-2H3,(H,60,63)/b17-16-,34-31-,46-42-,51-47+. The van der Waals surface area contributed by atoms with Crippen LogP contribution in [0.5, 0.6) is 0 Å². The summed E-state index contributed by atoms with van der Waals surface area (Å²) in [5.74, 6) is -0.116. The molecule has 0 bridgehead atoms. The van der Waals surface area contributed by atoms with Gasteiger partial charge in [0.1, 0.15) is 0 Å². The maximum atomic E-state index is 12.4. The fraction of sp³-hybridized carbons (Fsp3) is 0.831. The molecule has 0 saturated heterocycles. The Bertz CT molecular complexity index is 1100. The zero-order valence-electron chi connectivity index (χ0n) is 43.2. The SMILES string of the molecule is CCCCCCCCC/C=C\CCCCCCCCCC(=O)OCC/C=C\C/C=C\CCCCCCCCCCCCCCCCC(=O)NC(CO)C(O)/C=C/CCCCCCCCC. The van der Waals surface area contributed by atoms with Gasteiger partial charge < -0.3 is 20.3 Å². The molecule has 0 spiro atoms. The number of unbranched alkanes of at least 4 members (excludes halogenated alkanes) is 35. The van der Waals surface area contributed by atoms with Crippen LogP contribution in [-0.2, 0) is 14.3 Å². The third-order valence-corrected chi connectivity index (χ3v) is 12.8. The second-order valence-corrected chi connectivity index (χ2v) is 19.3. The fourth-order valence-corrected chi connectivity index (χ4v) is 8.47. The number of ether oxygens (including phenoxy) is 1. The quantitative estimate of drug-likeness (QED) is 0.0321. The van der Waals surface area contributed by atoms with Crippen LogP contribution in [0.1, 0.15) is 290 Å². The molecule has 2 unspecified atom stereocenters. The molecule has 6 nitrogen and oxygen atoms in total. The lowest BCUT2D eigenvalue weighted by Crippen LogP contribution is -2.45. The van der Waals surface area contributed by atoms with E-state index in [0.717, 1.165) is 51.4 Å². The molecular formula is C59H109NO5. The van der Waals surface area contributed by atoms with Crippen molar-refractivity contribution in [1.82, 2.24) is 5.32 Å². The van der Waals surface area contributed by atoms with Gasteiger partial charge in [-0.05, 0) is 77.0 Å². The Balaban J connectivity index is 3.45. The minimum Gasteiger partial charge on any atom is -0.465 e. The van der Waals surface area contributed by atoms with Crippen LogP contribution in [-0.4, -0.2) is 47.4 Å². The van der Waals surface area contributed by atoms with E-state index in [9.17, 15) is 19.8 Å². The van der Waals surface area contributed by atoms with Crippen molar-refractivity contribution in [3.05, 3.63) is 48.6 Å². The van der Waals surface area contributed by atoms with Crippen molar-refractivity contribution in [3.8, 4) is 0 Å². The number of hydrogen-bond donors (Lipinski definition) is 3. The van der Waals surface area contributed by atoms with Gasteiger partial charge in [0, 0.05) is 12.8 Å². The number of nitrogens with one attached hydrogen (secondary N) is 1. The van der Waals surface area contributed by atoms with E-state index < -0.39 is 12.1 Å². The maximum absolute atomic E-state index is 12.4. The molecule has 0 aliphatic heterocycles. The van der Waals surface area contributed by atoms with Crippen molar-refractivity contribution in [1.29, 1.82) is 0 Å². The van der Waals surface area contributed by atoms with Gasteiger partial charge in [0.05, 0.1) is 25.4 Å². The van der Waals surface area contributed by atoms with Crippen molar-refractivity contribution in [3.63, 3.8) is 0 Å². The molecule has 0 aromatic rings. The van der Waals surface area contributed by atoms with Crippen LogP contribution in [0, 0.1) is 0 Å². The second-order valence-electron chi connectivity index (χ2n) is 19.3. The molecule has 0 saturated carbocycles. The summed E-state index contributed by atoms with van der Waals surface area (Å²) in [5, 5.41) is 22.9. The molecule has 0 aromatic carbocycles. The molecule has 0 aromatic heterocycles. The van der Waals surface area contributed by atoms with E-state index in [-0.39, 0.29) is 18.5 Å². The zero-order valence-corrected chi connectivity index (χ0v) is 43.2. The Morgan fingerprint density at radius 3 is 1.18 bits per heavy atom. The molecule has 3 N–H and O–H groups in total. The summed E-state index contributed by atoms with van der Waals surface area (Å²) in [5.41, 5.74) is 0. The molecule has 1 amide bonds. The Kier molecular flexibility index (Phi) is 52.6. The topological polar surface area (TPSA) is 95.9 Å². The molecule has 0 aliphatic carbocycles. The smallest absolute Gasteiger partial charge is 0.305 e. The molecule has 0 aliphatic rings.